The van der Waals surface area contributed by atoms with Crippen LogP contribution in [-0.4, -0.2) is 31.5 Å². The van der Waals surface area contributed by atoms with Crippen molar-refractivity contribution >= 4 is 26.7 Å². The number of hydrogen-bond acceptors (Lipinski definition) is 6. The van der Waals surface area contributed by atoms with E-state index in [1.54, 1.807) is 12.1 Å². The van der Waals surface area contributed by atoms with Crippen LogP contribution < -0.4 is 4.90 Å². The average molecular weight is 425 g/mol. The molecule has 1 aromatic heterocycles. The van der Waals surface area contributed by atoms with Gasteiger partial charge in [-0.1, -0.05) is 19.1 Å². The molecule has 1 saturated heterocycles. The minimum atomic E-state index is -4.12. The Kier molecular flexibility index (Phi) is 5.39. The molecule has 1 aliphatic rings. The van der Waals surface area contributed by atoms with E-state index in [4.69, 9.17) is 4.98 Å². The molecule has 3 aromatic rings. The highest BCUT2D eigenvalue weighted by Gasteiger charge is 2.35. The molecule has 1 fully saturated rings. The summed E-state index contributed by atoms with van der Waals surface area (Å²) in [6, 6.07) is 13.6. The third-order valence-corrected chi connectivity index (χ3v) is 7.23. The zero-order chi connectivity index (χ0) is 21.3. The fourth-order valence-corrected chi connectivity index (χ4v) is 5.21. The van der Waals surface area contributed by atoms with E-state index in [0.29, 0.717) is 22.8 Å². The number of anilines is 1. The highest BCUT2D eigenvalue weighted by atomic mass is 32.2. The number of piperidine rings is 1. The number of fused-ring (bicyclic) bond motifs is 1. The molecule has 0 bridgehead atoms. The van der Waals surface area contributed by atoms with E-state index in [0.717, 1.165) is 38.1 Å². The van der Waals surface area contributed by atoms with E-state index in [-0.39, 0.29) is 10.6 Å². The van der Waals surface area contributed by atoms with Crippen molar-refractivity contribution in [3.63, 3.8) is 0 Å². The van der Waals surface area contributed by atoms with Crippen molar-refractivity contribution in [3.8, 4) is 6.07 Å². The van der Waals surface area contributed by atoms with Crippen LogP contribution in [0.2, 0.25) is 0 Å². The quantitative estimate of drug-likeness (QED) is 0.588. The van der Waals surface area contributed by atoms with Gasteiger partial charge in [-0.2, -0.15) is 5.26 Å². The lowest BCUT2D eigenvalue weighted by atomic mass is 10.00. The van der Waals surface area contributed by atoms with Crippen LogP contribution in [0.3, 0.4) is 0 Å². The van der Waals surface area contributed by atoms with Gasteiger partial charge in [0.2, 0.25) is 9.84 Å². The van der Waals surface area contributed by atoms with Gasteiger partial charge in [-0.25, -0.2) is 22.8 Å². The SMILES string of the molecule is C[C@@H]1CCCN(c2nc3ccccc3nc2[C@H](C#N)S(=O)(=O)c2ccc(F)cc2)C1. The highest BCUT2D eigenvalue weighted by Crippen LogP contribution is 2.35. The summed E-state index contributed by atoms with van der Waals surface area (Å²) in [6.45, 7) is 3.57. The zero-order valence-corrected chi connectivity index (χ0v) is 17.3. The van der Waals surface area contributed by atoms with E-state index >= 15 is 0 Å². The van der Waals surface area contributed by atoms with E-state index < -0.39 is 20.9 Å². The second-order valence-electron chi connectivity index (χ2n) is 7.62. The Morgan fingerprint density at radius 1 is 1.13 bits per heavy atom. The Balaban J connectivity index is 1.89. The normalized spacial score (nSPS) is 18.2. The summed E-state index contributed by atoms with van der Waals surface area (Å²) >= 11 is 0. The minimum Gasteiger partial charge on any atom is -0.355 e. The first-order chi connectivity index (χ1) is 14.4. The van der Waals surface area contributed by atoms with Crippen molar-refractivity contribution < 1.29 is 12.8 Å². The molecule has 6 nitrogen and oxygen atoms in total. The molecule has 154 valence electrons. The summed E-state index contributed by atoms with van der Waals surface area (Å²) in [4.78, 5) is 11.2. The highest BCUT2D eigenvalue weighted by molar-refractivity contribution is 7.92. The maximum Gasteiger partial charge on any atom is 0.200 e. The molecule has 30 heavy (non-hydrogen) atoms. The maximum atomic E-state index is 13.3. The topological polar surface area (TPSA) is 86.9 Å². The molecule has 4 rings (SSSR count). The first-order valence-corrected chi connectivity index (χ1v) is 11.4. The summed E-state index contributed by atoms with van der Waals surface area (Å²) in [7, 11) is -4.12. The van der Waals surface area contributed by atoms with Crippen LogP contribution in [0.25, 0.3) is 11.0 Å². The number of nitrogens with zero attached hydrogens (tertiary/aromatic N) is 4. The molecule has 1 aliphatic heterocycles. The number of halogens is 1. The first kappa shape index (κ1) is 20.2. The summed E-state index contributed by atoms with van der Waals surface area (Å²) in [5.41, 5.74) is 1.29. The lowest BCUT2D eigenvalue weighted by Crippen LogP contribution is -2.36. The van der Waals surface area contributed by atoms with Crippen LogP contribution in [0.15, 0.2) is 53.4 Å². The average Bonchev–Trinajstić information content (AvgIpc) is 2.74. The largest absolute Gasteiger partial charge is 0.355 e. The summed E-state index contributed by atoms with van der Waals surface area (Å²) in [6.07, 6.45) is 2.04. The van der Waals surface area contributed by atoms with Crippen LogP contribution in [0.5, 0.6) is 0 Å². The molecule has 0 spiro atoms. The predicted molar refractivity (Wildman–Crippen MR) is 112 cm³/mol. The molecular formula is C22H21FN4O2S. The van der Waals surface area contributed by atoms with Crippen LogP contribution in [0, 0.1) is 23.1 Å². The number of nitriles is 1. The zero-order valence-electron chi connectivity index (χ0n) is 16.5. The maximum absolute atomic E-state index is 13.3. The number of sulfone groups is 1. The minimum absolute atomic E-state index is 0.120. The molecule has 0 N–H and O–H groups in total. The molecule has 0 radical (unpaired) electrons. The van der Waals surface area contributed by atoms with Gasteiger partial charge in [0.15, 0.2) is 11.1 Å². The fourth-order valence-electron chi connectivity index (χ4n) is 3.83. The van der Waals surface area contributed by atoms with Crippen molar-refractivity contribution in [1.29, 1.82) is 5.26 Å². The third kappa shape index (κ3) is 3.73. The van der Waals surface area contributed by atoms with Gasteiger partial charge < -0.3 is 4.90 Å². The van der Waals surface area contributed by atoms with Gasteiger partial charge in [0.05, 0.1) is 22.0 Å². The van der Waals surface area contributed by atoms with E-state index in [9.17, 15) is 18.1 Å². The van der Waals surface area contributed by atoms with Crippen molar-refractivity contribution in [2.75, 3.05) is 18.0 Å². The van der Waals surface area contributed by atoms with E-state index in [2.05, 4.69) is 11.9 Å². The summed E-state index contributed by atoms with van der Waals surface area (Å²) < 4.78 is 39.9. The standard InChI is InChI=1S/C22H21FN4O2S/c1-15-5-4-12-27(14-15)22-21(25-18-6-2-3-7-19(18)26-22)20(13-24)30(28,29)17-10-8-16(23)9-11-17/h2-3,6-11,15,20H,4-5,12,14H2,1H3/t15-,20+/m1/s1. The fraction of sp³-hybridized carbons (Fsp3) is 0.318. The van der Waals surface area contributed by atoms with Gasteiger partial charge in [0.25, 0.3) is 0 Å². The lowest BCUT2D eigenvalue weighted by Gasteiger charge is -2.33. The summed E-state index contributed by atoms with van der Waals surface area (Å²) in [5, 5.41) is 8.34. The second kappa shape index (κ2) is 8.00. The van der Waals surface area contributed by atoms with Crippen molar-refractivity contribution in [3.05, 3.63) is 60.0 Å². The number of benzene rings is 2. The van der Waals surface area contributed by atoms with Crippen molar-refractivity contribution in [2.24, 2.45) is 5.92 Å². The Morgan fingerprint density at radius 2 is 1.80 bits per heavy atom. The van der Waals surface area contributed by atoms with Gasteiger partial charge in [-0.05, 0) is 55.2 Å². The predicted octanol–water partition coefficient (Wildman–Crippen LogP) is 4.04. The van der Waals surface area contributed by atoms with Gasteiger partial charge in [0.1, 0.15) is 11.5 Å². The lowest BCUT2D eigenvalue weighted by molar-refractivity contribution is 0.443. The number of rotatable bonds is 4. The monoisotopic (exact) mass is 424 g/mol. The van der Waals surface area contributed by atoms with Crippen molar-refractivity contribution in [1.82, 2.24) is 9.97 Å². The Labute approximate surface area is 174 Å². The number of hydrogen-bond donors (Lipinski definition) is 0. The van der Waals surface area contributed by atoms with Crippen LogP contribution in [0.4, 0.5) is 10.2 Å². The third-order valence-electron chi connectivity index (χ3n) is 5.35. The van der Waals surface area contributed by atoms with Crippen LogP contribution in [-0.2, 0) is 9.84 Å². The number of para-hydroxylation sites is 2. The molecular weight excluding hydrogens is 403 g/mol. The van der Waals surface area contributed by atoms with Crippen LogP contribution in [0.1, 0.15) is 30.7 Å². The van der Waals surface area contributed by atoms with Gasteiger partial charge in [-0.3, -0.25) is 0 Å². The Morgan fingerprint density at radius 3 is 2.43 bits per heavy atom. The molecule has 0 saturated carbocycles. The molecule has 2 aromatic carbocycles. The Hall–Kier alpha value is -3.05. The van der Waals surface area contributed by atoms with E-state index in [1.165, 1.54) is 12.1 Å². The van der Waals surface area contributed by atoms with Crippen molar-refractivity contribution in [2.45, 2.75) is 29.9 Å². The Bertz CT molecular complexity index is 1220. The van der Waals surface area contributed by atoms with Gasteiger partial charge >= 0.3 is 0 Å². The molecule has 0 unspecified atom stereocenters. The van der Waals surface area contributed by atoms with Gasteiger partial charge in [-0.15, -0.1) is 0 Å². The van der Waals surface area contributed by atoms with Crippen LogP contribution >= 0.6 is 0 Å². The van der Waals surface area contributed by atoms with Gasteiger partial charge in [0, 0.05) is 13.1 Å². The molecule has 0 aliphatic carbocycles. The smallest absolute Gasteiger partial charge is 0.200 e. The van der Waals surface area contributed by atoms with E-state index in [1.807, 2.05) is 23.1 Å². The summed E-state index contributed by atoms with van der Waals surface area (Å²) in [5.74, 6) is 0.308. The second-order valence-corrected chi connectivity index (χ2v) is 9.66. The molecule has 8 heteroatoms. The number of aromatic nitrogens is 2. The molecule has 2 atom stereocenters. The molecule has 0 amide bonds. The molecule has 2 heterocycles. The first-order valence-electron chi connectivity index (χ1n) is 9.81.